The molecular weight excluding hydrogens is 234 g/mol. The van der Waals surface area contributed by atoms with Gasteiger partial charge in [-0.2, -0.15) is 0 Å². The Balaban J connectivity index is 2.78. The summed E-state index contributed by atoms with van der Waals surface area (Å²) < 4.78 is 9.62. The summed E-state index contributed by atoms with van der Waals surface area (Å²) in [6, 6.07) is 3.11. The summed E-state index contributed by atoms with van der Waals surface area (Å²) in [6.45, 7) is 5.26. The maximum atomic E-state index is 11.8. The molecule has 1 aromatic rings. The largest absolute Gasteiger partial charge is 0.466 e. The lowest BCUT2D eigenvalue weighted by molar-refractivity contribution is -0.150. The summed E-state index contributed by atoms with van der Waals surface area (Å²) in [5, 5.41) is 0. The van der Waals surface area contributed by atoms with Crippen molar-refractivity contribution in [3.05, 3.63) is 42.2 Å². The van der Waals surface area contributed by atoms with Crippen molar-refractivity contribution in [2.24, 2.45) is 0 Å². The van der Waals surface area contributed by atoms with Gasteiger partial charge in [0.15, 0.2) is 0 Å². The Morgan fingerprint density at radius 1 is 1.56 bits per heavy atom. The van der Waals surface area contributed by atoms with E-state index in [-0.39, 0.29) is 6.42 Å². The predicted molar refractivity (Wildman–Crippen MR) is 65.0 cm³/mol. The second-order valence-corrected chi connectivity index (χ2v) is 3.63. The minimum atomic E-state index is -0.964. The smallest absolute Gasteiger partial charge is 0.347 e. The fourth-order valence-electron chi connectivity index (χ4n) is 1.35. The lowest BCUT2D eigenvalue weighted by atomic mass is 10.2. The molecule has 0 N–H and O–H groups in total. The van der Waals surface area contributed by atoms with E-state index >= 15 is 0 Å². The van der Waals surface area contributed by atoms with Gasteiger partial charge in [0.25, 0.3) is 0 Å². The van der Waals surface area contributed by atoms with E-state index in [0.29, 0.717) is 11.3 Å². The number of pyridine rings is 1. The van der Waals surface area contributed by atoms with E-state index < -0.39 is 18.0 Å². The topological polar surface area (TPSA) is 65.5 Å². The van der Waals surface area contributed by atoms with Crippen LogP contribution in [0.5, 0.6) is 0 Å². The fraction of sp³-hybridized carbons (Fsp3) is 0.308. The van der Waals surface area contributed by atoms with Crippen LogP contribution in [0.3, 0.4) is 0 Å². The molecule has 0 saturated carbocycles. The first-order valence-corrected chi connectivity index (χ1v) is 5.41. The second kappa shape index (κ2) is 6.54. The zero-order valence-corrected chi connectivity index (χ0v) is 10.4. The van der Waals surface area contributed by atoms with Crippen LogP contribution in [-0.4, -0.2) is 30.1 Å². The summed E-state index contributed by atoms with van der Waals surface area (Å²) in [5.41, 5.74) is 1.04. The normalized spacial score (nSPS) is 11.4. The zero-order chi connectivity index (χ0) is 13.5. The van der Waals surface area contributed by atoms with Crippen LogP contribution in [-0.2, 0) is 14.3 Å². The third-order valence-electron chi connectivity index (χ3n) is 2.23. The first-order chi connectivity index (χ1) is 8.58. The molecule has 0 aromatic carbocycles. The zero-order valence-electron chi connectivity index (χ0n) is 10.4. The SMILES string of the molecule is C=CCC(OC(=O)c1ccnc(C)c1)C(=O)OC. The Bertz CT molecular complexity index is 456. The van der Waals surface area contributed by atoms with Gasteiger partial charge in [-0.05, 0) is 19.1 Å². The number of methoxy groups -OCH3 is 1. The highest BCUT2D eigenvalue weighted by Crippen LogP contribution is 2.09. The molecule has 0 bridgehead atoms. The summed E-state index contributed by atoms with van der Waals surface area (Å²) >= 11 is 0. The third-order valence-corrected chi connectivity index (χ3v) is 2.23. The van der Waals surface area contributed by atoms with E-state index in [4.69, 9.17) is 4.74 Å². The summed E-state index contributed by atoms with van der Waals surface area (Å²) in [4.78, 5) is 27.2. The molecule has 0 spiro atoms. The number of nitrogens with zero attached hydrogens (tertiary/aromatic N) is 1. The van der Waals surface area contributed by atoms with Crippen molar-refractivity contribution in [1.29, 1.82) is 0 Å². The maximum absolute atomic E-state index is 11.8. The monoisotopic (exact) mass is 249 g/mol. The molecule has 0 aliphatic heterocycles. The molecule has 1 heterocycles. The fourth-order valence-corrected chi connectivity index (χ4v) is 1.35. The molecule has 0 aliphatic rings. The number of aryl methyl sites for hydroxylation is 1. The molecule has 1 atom stereocenters. The molecule has 18 heavy (non-hydrogen) atoms. The third kappa shape index (κ3) is 3.69. The number of hydrogen-bond donors (Lipinski definition) is 0. The standard InChI is InChI=1S/C13H15NO4/c1-4-5-11(13(16)17-3)18-12(15)10-6-7-14-9(2)8-10/h4,6-8,11H,1,5H2,2-3H3. The Hall–Kier alpha value is -2.17. The van der Waals surface area contributed by atoms with E-state index in [2.05, 4.69) is 16.3 Å². The van der Waals surface area contributed by atoms with Crippen LogP contribution >= 0.6 is 0 Å². The summed E-state index contributed by atoms with van der Waals surface area (Å²) in [5.74, 6) is -1.19. The van der Waals surface area contributed by atoms with Gasteiger partial charge in [-0.25, -0.2) is 9.59 Å². The summed E-state index contributed by atoms with van der Waals surface area (Å²) in [7, 11) is 1.24. The average Bonchev–Trinajstić information content (AvgIpc) is 2.37. The van der Waals surface area contributed by atoms with E-state index in [1.165, 1.54) is 25.4 Å². The number of hydrogen-bond acceptors (Lipinski definition) is 5. The molecule has 5 heteroatoms. The molecule has 1 unspecified atom stereocenters. The van der Waals surface area contributed by atoms with Gasteiger partial charge in [0.05, 0.1) is 12.7 Å². The van der Waals surface area contributed by atoms with Crippen molar-refractivity contribution >= 4 is 11.9 Å². The molecule has 0 saturated heterocycles. The number of rotatable bonds is 5. The molecule has 0 fully saturated rings. The lowest BCUT2D eigenvalue weighted by Crippen LogP contribution is -2.28. The van der Waals surface area contributed by atoms with Crippen LogP contribution in [0, 0.1) is 6.92 Å². The second-order valence-electron chi connectivity index (χ2n) is 3.63. The van der Waals surface area contributed by atoms with Gasteiger partial charge >= 0.3 is 11.9 Å². The van der Waals surface area contributed by atoms with Crippen LogP contribution in [0.4, 0.5) is 0 Å². The van der Waals surface area contributed by atoms with Crippen molar-refractivity contribution in [3.63, 3.8) is 0 Å². The Labute approximate surface area is 105 Å². The van der Waals surface area contributed by atoms with Gasteiger partial charge < -0.3 is 9.47 Å². The number of aromatic nitrogens is 1. The molecule has 1 rings (SSSR count). The van der Waals surface area contributed by atoms with E-state index in [0.717, 1.165) is 0 Å². The highest BCUT2D eigenvalue weighted by Gasteiger charge is 2.23. The van der Waals surface area contributed by atoms with Gasteiger partial charge in [-0.15, -0.1) is 6.58 Å². The van der Waals surface area contributed by atoms with Crippen LogP contribution in [0.15, 0.2) is 31.0 Å². The quantitative estimate of drug-likeness (QED) is 0.586. The highest BCUT2D eigenvalue weighted by molar-refractivity contribution is 5.91. The Morgan fingerprint density at radius 2 is 2.28 bits per heavy atom. The molecule has 1 aromatic heterocycles. The number of esters is 2. The first-order valence-electron chi connectivity index (χ1n) is 5.41. The molecule has 96 valence electrons. The summed E-state index contributed by atoms with van der Waals surface area (Å²) in [6.07, 6.45) is 2.25. The van der Waals surface area contributed by atoms with Gasteiger partial charge in [0.1, 0.15) is 0 Å². The van der Waals surface area contributed by atoms with Crippen LogP contribution in [0.1, 0.15) is 22.5 Å². The molecular formula is C13H15NO4. The number of carbonyl (C=O) groups is 2. The molecule has 5 nitrogen and oxygen atoms in total. The van der Waals surface area contributed by atoms with Gasteiger partial charge in [0, 0.05) is 18.3 Å². The van der Waals surface area contributed by atoms with Gasteiger partial charge in [0.2, 0.25) is 6.10 Å². The highest BCUT2D eigenvalue weighted by atomic mass is 16.6. The van der Waals surface area contributed by atoms with E-state index in [9.17, 15) is 9.59 Å². The Morgan fingerprint density at radius 3 is 2.83 bits per heavy atom. The van der Waals surface area contributed by atoms with Crippen LogP contribution in [0.25, 0.3) is 0 Å². The minimum Gasteiger partial charge on any atom is -0.466 e. The lowest BCUT2D eigenvalue weighted by Gasteiger charge is -2.13. The Kier molecular flexibility index (Phi) is 5.05. The predicted octanol–water partition coefficient (Wildman–Crippen LogP) is 1.66. The van der Waals surface area contributed by atoms with Gasteiger partial charge in [-0.3, -0.25) is 4.98 Å². The maximum Gasteiger partial charge on any atom is 0.347 e. The van der Waals surface area contributed by atoms with Crippen molar-refractivity contribution in [2.75, 3.05) is 7.11 Å². The van der Waals surface area contributed by atoms with Crippen molar-refractivity contribution < 1.29 is 19.1 Å². The molecule has 0 radical (unpaired) electrons. The first kappa shape index (κ1) is 13.9. The average molecular weight is 249 g/mol. The minimum absolute atomic E-state index is 0.211. The van der Waals surface area contributed by atoms with Crippen LogP contribution < -0.4 is 0 Å². The van der Waals surface area contributed by atoms with E-state index in [1.807, 2.05) is 0 Å². The van der Waals surface area contributed by atoms with Crippen LogP contribution in [0.2, 0.25) is 0 Å². The molecule has 0 aliphatic carbocycles. The number of carbonyl (C=O) groups excluding carboxylic acids is 2. The van der Waals surface area contributed by atoms with E-state index in [1.54, 1.807) is 13.0 Å². The van der Waals surface area contributed by atoms with Crippen molar-refractivity contribution in [2.45, 2.75) is 19.4 Å². The van der Waals surface area contributed by atoms with Crippen molar-refractivity contribution in [1.82, 2.24) is 4.98 Å². The van der Waals surface area contributed by atoms with Gasteiger partial charge in [-0.1, -0.05) is 6.08 Å². The van der Waals surface area contributed by atoms with Crippen molar-refractivity contribution in [3.8, 4) is 0 Å². The molecule has 0 amide bonds. The number of ether oxygens (including phenoxy) is 2.